The minimum absolute atomic E-state index is 0.0522. The maximum atomic E-state index is 12.5. The van der Waals surface area contributed by atoms with Crippen molar-refractivity contribution in [3.63, 3.8) is 0 Å². The number of aromatic nitrogens is 1. The van der Waals surface area contributed by atoms with Gasteiger partial charge in [-0.15, -0.1) is 13.2 Å². The van der Waals surface area contributed by atoms with Gasteiger partial charge in [-0.2, -0.15) is 0 Å². The average Bonchev–Trinajstić information content (AvgIpc) is 2.18. The number of aryl methyl sites for hydroxylation is 1. The van der Waals surface area contributed by atoms with Crippen molar-refractivity contribution in [2.75, 3.05) is 7.11 Å². The predicted molar refractivity (Wildman–Crippen MR) is 47.2 cm³/mol. The van der Waals surface area contributed by atoms with E-state index in [-0.39, 0.29) is 11.3 Å². The molecule has 0 aromatic carbocycles. The lowest BCUT2D eigenvalue weighted by atomic mass is 10.2. The fourth-order valence-electron chi connectivity index (χ4n) is 1.12. The Morgan fingerprint density at radius 3 is 2.29 bits per heavy atom. The molecule has 0 bridgehead atoms. The minimum atomic E-state index is -4.98. The van der Waals surface area contributed by atoms with Gasteiger partial charge in [-0.3, -0.25) is 0 Å². The Morgan fingerprint density at radius 2 is 1.88 bits per heavy atom. The van der Waals surface area contributed by atoms with Crippen molar-refractivity contribution in [3.8, 4) is 11.6 Å². The van der Waals surface area contributed by atoms with E-state index in [1.165, 1.54) is 6.92 Å². The topological polar surface area (TPSA) is 31.4 Å². The number of alkyl halides is 5. The molecule has 0 aliphatic carbocycles. The van der Waals surface area contributed by atoms with E-state index >= 15 is 0 Å². The molecule has 1 aromatic heterocycles. The number of pyridine rings is 1. The molecule has 3 nitrogen and oxygen atoms in total. The van der Waals surface area contributed by atoms with Gasteiger partial charge in [0.25, 0.3) is 6.43 Å². The molecule has 17 heavy (non-hydrogen) atoms. The van der Waals surface area contributed by atoms with Gasteiger partial charge in [0, 0.05) is 5.56 Å². The van der Waals surface area contributed by atoms with Gasteiger partial charge in [0.1, 0.15) is 5.75 Å². The molecule has 0 spiro atoms. The first-order valence-corrected chi connectivity index (χ1v) is 4.34. The molecule has 0 atom stereocenters. The Balaban J connectivity index is 3.20. The maximum Gasteiger partial charge on any atom is 0.574 e. The lowest BCUT2D eigenvalue weighted by molar-refractivity contribution is -0.276. The Bertz CT molecular complexity index is 405. The molecular formula is C9H8F5NO2. The number of hydrogen-bond donors (Lipinski definition) is 0. The Hall–Kier alpha value is -1.60. The van der Waals surface area contributed by atoms with Crippen molar-refractivity contribution < 1.29 is 31.4 Å². The summed E-state index contributed by atoms with van der Waals surface area (Å²) in [5.74, 6) is -1.19. The summed E-state index contributed by atoms with van der Waals surface area (Å²) in [6, 6.07) is 1.01. The Kier molecular flexibility index (Phi) is 3.74. The van der Waals surface area contributed by atoms with Gasteiger partial charge < -0.3 is 9.47 Å². The van der Waals surface area contributed by atoms with Gasteiger partial charge >= 0.3 is 6.36 Å². The van der Waals surface area contributed by atoms with E-state index < -0.39 is 24.4 Å². The molecule has 0 amide bonds. The van der Waals surface area contributed by atoms with Crippen molar-refractivity contribution in [2.45, 2.75) is 19.7 Å². The molecule has 1 aromatic rings. The summed E-state index contributed by atoms with van der Waals surface area (Å²) in [6.45, 7) is 1.24. The second-order valence-corrected chi connectivity index (χ2v) is 3.05. The summed E-state index contributed by atoms with van der Waals surface area (Å²) < 4.78 is 68.9. The zero-order chi connectivity index (χ0) is 13.2. The normalized spacial score (nSPS) is 11.8. The third-order valence-corrected chi connectivity index (χ3v) is 1.80. The van der Waals surface area contributed by atoms with E-state index in [0.717, 1.165) is 13.2 Å². The lowest BCUT2D eigenvalue weighted by Crippen LogP contribution is -2.19. The monoisotopic (exact) mass is 257 g/mol. The zero-order valence-corrected chi connectivity index (χ0v) is 8.81. The van der Waals surface area contributed by atoms with Crippen molar-refractivity contribution in [1.29, 1.82) is 0 Å². The van der Waals surface area contributed by atoms with Crippen LogP contribution in [0.5, 0.6) is 11.6 Å². The Labute approximate surface area is 93.2 Å². The molecule has 0 fully saturated rings. The van der Waals surface area contributed by atoms with Gasteiger partial charge in [0.15, 0.2) is 5.69 Å². The van der Waals surface area contributed by atoms with E-state index in [1.807, 2.05) is 0 Å². The van der Waals surface area contributed by atoms with Crippen LogP contribution in [0.3, 0.4) is 0 Å². The van der Waals surface area contributed by atoms with E-state index in [1.54, 1.807) is 0 Å². The summed E-state index contributed by atoms with van der Waals surface area (Å²) in [5, 5.41) is 0. The molecule has 96 valence electrons. The highest BCUT2D eigenvalue weighted by molar-refractivity contribution is 5.38. The average molecular weight is 257 g/mol. The standard InChI is InChI=1S/C9H8F5NO2/c1-4-3-5(16-2)6(7(10)11)15-8(4)17-9(12,13)14/h3,7H,1-2H3. The number of rotatable bonds is 3. The van der Waals surface area contributed by atoms with E-state index in [2.05, 4.69) is 14.5 Å². The highest BCUT2D eigenvalue weighted by Crippen LogP contribution is 2.33. The van der Waals surface area contributed by atoms with Crippen LogP contribution in [0.2, 0.25) is 0 Å². The van der Waals surface area contributed by atoms with Crippen molar-refractivity contribution in [2.24, 2.45) is 0 Å². The smallest absolute Gasteiger partial charge is 0.495 e. The summed E-state index contributed by atoms with van der Waals surface area (Å²) in [4.78, 5) is 3.11. The summed E-state index contributed by atoms with van der Waals surface area (Å²) >= 11 is 0. The quantitative estimate of drug-likeness (QED) is 0.779. The van der Waals surface area contributed by atoms with E-state index in [4.69, 9.17) is 0 Å². The fourth-order valence-corrected chi connectivity index (χ4v) is 1.12. The van der Waals surface area contributed by atoms with Crippen LogP contribution in [0.25, 0.3) is 0 Å². The SMILES string of the molecule is COc1cc(C)c(OC(F)(F)F)nc1C(F)F. The summed E-state index contributed by atoms with van der Waals surface area (Å²) in [7, 11) is 1.12. The predicted octanol–water partition coefficient (Wildman–Crippen LogP) is 3.23. The summed E-state index contributed by atoms with van der Waals surface area (Å²) in [5.41, 5.74) is -0.944. The van der Waals surface area contributed by atoms with Gasteiger partial charge in [0.2, 0.25) is 5.88 Å². The van der Waals surface area contributed by atoms with Crippen molar-refractivity contribution in [3.05, 3.63) is 17.3 Å². The van der Waals surface area contributed by atoms with E-state index in [9.17, 15) is 22.0 Å². The molecule has 1 rings (SSSR count). The molecule has 1 heterocycles. The van der Waals surface area contributed by atoms with Gasteiger partial charge in [-0.1, -0.05) is 0 Å². The fraction of sp³-hybridized carbons (Fsp3) is 0.444. The van der Waals surface area contributed by atoms with Crippen molar-refractivity contribution in [1.82, 2.24) is 4.98 Å². The van der Waals surface area contributed by atoms with Crippen LogP contribution in [0.1, 0.15) is 17.7 Å². The van der Waals surface area contributed by atoms with Crippen LogP contribution in [0, 0.1) is 6.92 Å². The molecule has 0 aliphatic rings. The first-order valence-electron chi connectivity index (χ1n) is 4.34. The molecule has 8 heteroatoms. The molecule has 0 unspecified atom stereocenters. The lowest BCUT2D eigenvalue weighted by Gasteiger charge is -2.13. The zero-order valence-electron chi connectivity index (χ0n) is 8.81. The van der Waals surface area contributed by atoms with Crippen LogP contribution >= 0.6 is 0 Å². The third kappa shape index (κ3) is 3.43. The van der Waals surface area contributed by atoms with Gasteiger partial charge in [-0.25, -0.2) is 13.8 Å². The molecule has 0 radical (unpaired) electrons. The maximum absolute atomic E-state index is 12.5. The molecular weight excluding hydrogens is 249 g/mol. The van der Waals surface area contributed by atoms with Gasteiger partial charge in [0.05, 0.1) is 7.11 Å². The van der Waals surface area contributed by atoms with Gasteiger partial charge in [-0.05, 0) is 13.0 Å². The number of ether oxygens (including phenoxy) is 2. The number of halogens is 5. The second kappa shape index (κ2) is 4.72. The highest BCUT2D eigenvalue weighted by Gasteiger charge is 2.33. The van der Waals surface area contributed by atoms with Crippen LogP contribution in [0.4, 0.5) is 22.0 Å². The first-order chi connectivity index (χ1) is 7.74. The second-order valence-electron chi connectivity index (χ2n) is 3.05. The van der Waals surface area contributed by atoms with Crippen molar-refractivity contribution >= 4 is 0 Å². The third-order valence-electron chi connectivity index (χ3n) is 1.80. The van der Waals surface area contributed by atoms with E-state index in [0.29, 0.717) is 0 Å². The van der Waals surface area contributed by atoms with Crippen LogP contribution in [0.15, 0.2) is 6.07 Å². The van der Waals surface area contributed by atoms with Crippen LogP contribution < -0.4 is 9.47 Å². The summed E-state index contributed by atoms with van der Waals surface area (Å²) in [6.07, 6.45) is -8.03. The Morgan fingerprint density at radius 1 is 1.29 bits per heavy atom. The highest BCUT2D eigenvalue weighted by atomic mass is 19.4. The minimum Gasteiger partial charge on any atom is -0.495 e. The molecule has 0 N–H and O–H groups in total. The first kappa shape index (κ1) is 13.5. The largest absolute Gasteiger partial charge is 0.574 e. The number of hydrogen-bond acceptors (Lipinski definition) is 3. The van der Waals surface area contributed by atoms with Crippen LogP contribution in [-0.4, -0.2) is 18.5 Å². The van der Waals surface area contributed by atoms with Crippen LogP contribution in [-0.2, 0) is 0 Å². The molecule has 0 aliphatic heterocycles. The molecule has 0 saturated carbocycles. The number of methoxy groups -OCH3 is 1. The molecule has 0 saturated heterocycles. The number of nitrogens with zero attached hydrogens (tertiary/aromatic N) is 1.